The molecule has 4 N–H and O–H groups in total. The number of carboxylic acids is 1. The largest absolute Gasteiger partial charge is 0.480 e. The highest BCUT2D eigenvalue weighted by molar-refractivity contribution is 5.72. The first-order chi connectivity index (χ1) is 16.0. The number of carboxylic acid groups (broad SMARTS) is 1. The molecule has 10 atom stereocenters. The van der Waals surface area contributed by atoms with Crippen LogP contribution in [0.4, 0.5) is 0 Å². The van der Waals surface area contributed by atoms with Gasteiger partial charge in [0, 0.05) is 11.5 Å². The molecule has 1 aliphatic heterocycles. The number of epoxide rings is 1. The molecular formula is C27H39NO6. The van der Waals surface area contributed by atoms with Crippen LogP contribution in [0.2, 0.25) is 0 Å². The number of hydrogen-bond donors (Lipinski definition) is 3. The van der Waals surface area contributed by atoms with Crippen LogP contribution in [-0.4, -0.2) is 40.0 Å². The Morgan fingerprint density at radius 3 is 2.50 bits per heavy atom. The van der Waals surface area contributed by atoms with Gasteiger partial charge in [0.15, 0.2) is 0 Å². The second kappa shape index (κ2) is 8.17. The van der Waals surface area contributed by atoms with Gasteiger partial charge < -0.3 is 25.1 Å². The predicted octanol–water partition coefficient (Wildman–Crippen LogP) is 3.68. The third kappa shape index (κ3) is 3.41. The van der Waals surface area contributed by atoms with Crippen LogP contribution >= 0.6 is 0 Å². The number of carbonyl (C=O) groups is 1. The van der Waals surface area contributed by atoms with Gasteiger partial charge in [-0.05, 0) is 99.0 Å². The Morgan fingerprint density at radius 1 is 1.12 bits per heavy atom. The lowest BCUT2D eigenvalue weighted by Crippen LogP contribution is -2.58. The van der Waals surface area contributed by atoms with Crippen LogP contribution in [-0.2, 0) is 9.53 Å². The molecule has 1 saturated heterocycles. The van der Waals surface area contributed by atoms with Crippen molar-refractivity contribution in [3.63, 3.8) is 0 Å². The van der Waals surface area contributed by atoms with Gasteiger partial charge in [-0.1, -0.05) is 13.8 Å². The number of fused-ring (bicyclic) bond motifs is 3. The summed E-state index contributed by atoms with van der Waals surface area (Å²) in [6.45, 7) is 6.39. The van der Waals surface area contributed by atoms with Gasteiger partial charge in [-0.2, -0.15) is 0 Å². The van der Waals surface area contributed by atoms with E-state index in [0.717, 1.165) is 25.2 Å². The molecule has 0 aromatic carbocycles. The monoisotopic (exact) mass is 473 g/mol. The fraction of sp³-hybridized carbons (Fsp3) is 0.778. The molecule has 5 fully saturated rings. The van der Waals surface area contributed by atoms with E-state index >= 15 is 0 Å². The molecule has 1 aromatic heterocycles. The number of aliphatic hydroxyl groups is 1. The maximum Gasteiger partial charge on any atom is 0.335 e. The number of hydrogen-bond acceptors (Lipinski definition) is 6. The van der Waals surface area contributed by atoms with Gasteiger partial charge in [-0.15, -0.1) is 0 Å². The second-order valence-electron chi connectivity index (χ2n) is 12.1. The van der Waals surface area contributed by atoms with E-state index in [4.69, 9.17) is 20.0 Å². The fourth-order valence-corrected chi connectivity index (χ4v) is 8.74. The van der Waals surface area contributed by atoms with Crippen LogP contribution in [0, 0.1) is 28.6 Å². The number of aliphatic hydroxyl groups excluding tert-OH is 1. The van der Waals surface area contributed by atoms with Crippen molar-refractivity contribution in [2.75, 3.05) is 0 Å². The van der Waals surface area contributed by atoms with E-state index in [1.807, 2.05) is 6.07 Å². The standard InChI is InChI=1S/C24H32O4.C3H7NO2/c1-22-9-7-16(25)11-15(22)4-5-18-17(22)8-10-23(2)19(12-20-24(18,23)28-20)14-3-6-21(26)27-13-14;1-2(4)3(5)6/h3,6,13,15-20,25H,4-5,7-12H2,1-2H3;2H,4H2,1H3,(H,5,6)/t15-,16+,17+,18-,19-,20-,22+,23-,24-;2-/m10/s1. The normalized spacial score (nSPS) is 47.1. The molecule has 7 heteroatoms. The lowest BCUT2D eigenvalue weighted by atomic mass is 9.44. The summed E-state index contributed by atoms with van der Waals surface area (Å²) in [6.07, 6.45) is 11.1. The van der Waals surface area contributed by atoms with Crippen molar-refractivity contribution in [1.29, 1.82) is 0 Å². The minimum absolute atomic E-state index is 0.0285. The highest BCUT2D eigenvalue weighted by atomic mass is 16.6. The minimum Gasteiger partial charge on any atom is -0.480 e. The van der Waals surface area contributed by atoms with Crippen molar-refractivity contribution in [2.45, 2.75) is 102 Å². The third-order valence-corrected chi connectivity index (χ3v) is 10.6. The van der Waals surface area contributed by atoms with Gasteiger partial charge in [0.05, 0.1) is 18.5 Å². The number of rotatable bonds is 2. The fourth-order valence-electron chi connectivity index (χ4n) is 8.74. The van der Waals surface area contributed by atoms with Gasteiger partial charge in [-0.25, -0.2) is 4.79 Å². The zero-order valence-electron chi connectivity index (χ0n) is 20.5. The van der Waals surface area contributed by atoms with E-state index in [2.05, 4.69) is 13.8 Å². The van der Waals surface area contributed by atoms with E-state index < -0.39 is 12.0 Å². The van der Waals surface area contributed by atoms with Crippen molar-refractivity contribution < 1.29 is 24.2 Å². The third-order valence-electron chi connectivity index (χ3n) is 10.6. The van der Waals surface area contributed by atoms with Crippen molar-refractivity contribution in [3.05, 3.63) is 34.4 Å². The van der Waals surface area contributed by atoms with Crippen LogP contribution in [0.3, 0.4) is 0 Å². The quantitative estimate of drug-likeness (QED) is 0.559. The lowest BCUT2D eigenvalue weighted by Gasteiger charge is -2.61. The van der Waals surface area contributed by atoms with Crippen LogP contribution in [0.1, 0.15) is 83.6 Å². The Hall–Kier alpha value is -1.70. The van der Waals surface area contributed by atoms with Crippen LogP contribution in [0.25, 0.3) is 0 Å². The van der Waals surface area contributed by atoms with Gasteiger partial charge in [0.1, 0.15) is 11.6 Å². The number of nitrogens with two attached hydrogens (primary N) is 1. The smallest absolute Gasteiger partial charge is 0.335 e. The summed E-state index contributed by atoms with van der Waals surface area (Å²) in [6, 6.07) is 2.82. The molecule has 6 rings (SSSR count). The summed E-state index contributed by atoms with van der Waals surface area (Å²) in [5.74, 6) is 1.51. The van der Waals surface area contributed by atoms with Crippen LogP contribution < -0.4 is 11.4 Å². The zero-order chi connectivity index (χ0) is 24.5. The van der Waals surface area contributed by atoms with Crippen molar-refractivity contribution in [3.8, 4) is 0 Å². The average Bonchev–Trinajstić information content (AvgIpc) is 3.45. The molecule has 5 aliphatic rings. The Bertz CT molecular complexity index is 987. The second-order valence-corrected chi connectivity index (χ2v) is 12.1. The summed E-state index contributed by atoms with van der Waals surface area (Å²) >= 11 is 0. The number of aliphatic carboxylic acids is 1. The van der Waals surface area contributed by atoms with Gasteiger partial charge in [0.25, 0.3) is 0 Å². The summed E-state index contributed by atoms with van der Waals surface area (Å²) < 4.78 is 11.8. The van der Waals surface area contributed by atoms with E-state index in [-0.39, 0.29) is 22.7 Å². The lowest BCUT2D eigenvalue weighted by molar-refractivity contribution is -0.139. The van der Waals surface area contributed by atoms with E-state index in [0.29, 0.717) is 29.3 Å². The molecule has 2 heterocycles. The summed E-state index contributed by atoms with van der Waals surface area (Å²) in [7, 11) is 0. The molecule has 0 radical (unpaired) electrons. The van der Waals surface area contributed by atoms with E-state index in [1.54, 1.807) is 12.3 Å². The Balaban J connectivity index is 0.000000360. The molecular weight excluding hydrogens is 434 g/mol. The molecule has 4 saturated carbocycles. The average molecular weight is 474 g/mol. The van der Waals surface area contributed by atoms with E-state index in [1.165, 1.54) is 44.6 Å². The zero-order valence-corrected chi connectivity index (χ0v) is 20.5. The van der Waals surface area contributed by atoms with Crippen molar-refractivity contribution >= 4 is 5.97 Å². The molecule has 0 amide bonds. The molecule has 0 unspecified atom stereocenters. The molecule has 188 valence electrons. The van der Waals surface area contributed by atoms with Gasteiger partial charge in [0.2, 0.25) is 0 Å². The number of ether oxygens (including phenoxy) is 1. The SMILES string of the molecule is C[C@H](N)C(=O)O.C[C@]12CC[C@H](O)C[C@H]1CC[C@@H]1[C@@H]2CC[C@]2(C)[C@@H](c3ccc(=O)oc3)C[C@H]3O[C@]132. The Labute approximate surface area is 201 Å². The highest BCUT2D eigenvalue weighted by Crippen LogP contribution is 2.77. The van der Waals surface area contributed by atoms with Crippen LogP contribution in [0.5, 0.6) is 0 Å². The van der Waals surface area contributed by atoms with E-state index in [9.17, 15) is 14.7 Å². The molecule has 0 bridgehead atoms. The Morgan fingerprint density at radius 2 is 1.85 bits per heavy atom. The van der Waals surface area contributed by atoms with Gasteiger partial charge >= 0.3 is 11.6 Å². The predicted molar refractivity (Wildman–Crippen MR) is 126 cm³/mol. The first-order valence-electron chi connectivity index (χ1n) is 13.0. The summed E-state index contributed by atoms with van der Waals surface area (Å²) in [5.41, 5.74) is 6.28. The molecule has 4 aliphatic carbocycles. The van der Waals surface area contributed by atoms with Crippen LogP contribution in [0.15, 0.2) is 27.6 Å². The highest BCUT2D eigenvalue weighted by Gasteiger charge is 2.80. The Kier molecular flexibility index (Phi) is 5.77. The van der Waals surface area contributed by atoms with Crippen molar-refractivity contribution in [1.82, 2.24) is 0 Å². The summed E-state index contributed by atoms with van der Waals surface area (Å²) in [5, 5.41) is 18.1. The summed E-state index contributed by atoms with van der Waals surface area (Å²) in [4.78, 5) is 21.0. The topological polar surface area (TPSA) is 126 Å². The molecule has 34 heavy (non-hydrogen) atoms. The first-order valence-corrected chi connectivity index (χ1v) is 13.0. The maximum absolute atomic E-state index is 11.4. The maximum atomic E-state index is 11.4. The van der Waals surface area contributed by atoms with Gasteiger partial charge in [-0.3, -0.25) is 4.79 Å². The van der Waals surface area contributed by atoms with Crippen molar-refractivity contribution in [2.24, 2.45) is 34.3 Å². The molecule has 7 nitrogen and oxygen atoms in total. The first kappa shape index (κ1) is 24.0. The minimum atomic E-state index is -0.963. The molecule has 1 aromatic rings. The molecule has 1 spiro atoms.